The molecule has 1 amide bonds. The molecule has 0 aromatic carbocycles. The standard InChI is InChI=1S/C15H25NO4/c1-7-9-10-11-12(13(17)19-8-2)16(6)14(18)20-15(3,4)5/h7,9-10,12H,1,8,11H2,2-6H3/b10-9+. The Morgan fingerprint density at radius 2 is 1.95 bits per heavy atom. The van der Waals surface area contributed by atoms with Crippen molar-refractivity contribution >= 4 is 12.1 Å². The van der Waals surface area contributed by atoms with Crippen LogP contribution in [0.5, 0.6) is 0 Å². The molecule has 5 nitrogen and oxygen atoms in total. The summed E-state index contributed by atoms with van der Waals surface area (Å²) in [4.78, 5) is 25.2. The van der Waals surface area contributed by atoms with Crippen molar-refractivity contribution in [3.05, 3.63) is 24.8 Å². The van der Waals surface area contributed by atoms with Gasteiger partial charge in [0.25, 0.3) is 0 Å². The van der Waals surface area contributed by atoms with Gasteiger partial charge in [-0.15, -0.1) is 0 Å². The van der Waals surface area contributed by atoms with Crippen molar-refractivity contribution in [3.63, 3.8) is 0 Å². The number of ether oxygens (including phenoxy) is 2. The van der Waals surface area contributed by atoms with Crippen molar-refractivity contribution < 1.29 is 19.1 Å². The largest absolute Gasteiger partial charge is 0.464 e. The van der Waals surface area contributed by atoms with Gasteiger partial charge in [0, 0.05) is 7.05 Å². The summed E-state index contributed by atoms with van der Waals surface area (Å²) < 4.78 is 10.2. The van der Waals surface area contributed by atoms with Gasteiger partial charge in [0.15, 0.2) is 0 Å². The first-order valence-electron chi connectivity index (χ1n) is 6.63. The summed E-state index contributed by atoms with van der Waals surface area (Å²) in [6.45, 7) is 10.9. The van der Waals surface area contributed by atoms with Crippen molar-refractivity contribution in [2.45, 2.75) is 45.8 Å². The molecule has 0 rings (SSSR count). The lowest BCUT2D eigenvalue weighted by Gasteiger charge is -2.29. The minimum atomic E-state index is -0.707. The zero-order valence-electron chi connectivity index (χ0n) is 13.0. The van der Waals surface area contributed by atoms with E-state index < -0.39 is 23.7 Å². The summed E-state index contributed by atoms with van der Waals surface area (Å²) in [5.74, 6) is -0.449. The van der Waals surface area contributed by atoms with Crippen LogP contribution in [0.1, 0.15) is 34.1 Å². The van der Waals surface area contributed by atoms with E-state index in [4.69, 9.17) is 9.47 Å². The van der Waals surface area contributed by atoms with Crippen LogP contribution in [0.4, 0.5) is 4.79 Å². The number of esters is 1. The summed E-state index contributed by atoms with van der Waals surface area (Å²) in [5.41, 5.74) is -0.610. The molecule has 0 radical (unpaired) electrons. The van der Waals surface area contributed by atoms with E-state index in [-0.39, 0.29) is 6.61 Å². The molecule has 0 aromatic rings. The number of nitrogens with zero attached hydrogens (tertiary/aromatic N) is 1. The Bertz CT molecular complexity index is 369. The van der Waals surface area contributed by atoms with Gasteiger partial charge < -0.3 is 9.47 Å². The third kappa shape index (κ3) is 6.97. The van der Waals surface area contributed by atoms with Crippen molar-refractivity contribution in [2.75, 3.05) is 13.7 Å². The van der Waals surface area contributed by atoms with Crippen LogP contribution in [0.2, 0.25) is 0 Å². The Kier molecular flexibility index (Phi) is 7.65. The van der Waals surface area contributed by atoms with Gasteiger partial charge in [0.1, 0.15) is 11.6 Å². The van der Waals surface area contributed by atoms with Crippen LogP contribution in [0.15, 0.2) is 24.8 Å². The molecular formula is C15H25NO4. The number of hydrogen-bond acceptors (Lipinski definition) is 4. The Morgan fingerprint density at radius 1 is 1.35 bits per heavy atom. The van der Waals surface area contributed by atoms with E-state index in [1.807, 2.05) is 0 Å². The second kappa shape index (κ2) is 8.40. The predicted molar refractivity (Wildman–Crippen MR) is 78.4 cm³/mol. The fourth-order valence-corrected chi connectivity index (χ4v) is 1.42. The van der Waals surface area contributed by atoms with Crippen molar-refractivity contribution in [3.8, 4) is 0 Å². The summed E-state index contributed by atoms with van der Waals surface area (Å²) in [7, 11) is 1.53. The van der Waals surface area contributed by atoms with Gasteiger partial charge in [-0.1, -0.05) is 24.8 Å². The topological polar surface area (TPSA) is 55.8 Å². The van der Waals surface area contributed by atoms with Gasteiger partial charge in [0.2, 0.25) is 0 Å². The maximum absolute atomic E-state index is 12.0. The second-order valence-corrected chi connectivity index (χ2v) is 5.26. The number of carbonyl (C=O) groups is 2. The Hall–Kier alpha value is -1.78. The van der Waals surface area contributed by atoms with E-state index in [1.165, 1.54) is 11.9 Å². The maximum Gasteiger partial charge on any atom is 0.410 e. The maximum atomic E-state index is 12.0. The molecule has 0 aromatic heterocycles. The average Bonchev–Trinajstić information content (AvgIpc) is 2.32. The first kappa shape index (κ1) is 18.2. The van der Waals surface area contributed by atoms with Crippen LogP contribution >= 0.6 is 0 Å². The third-order valence-corrected chi connectivity index (χ3v) is 2.34. The normalized spacial score (nSPS) is 12.8. The molecule has 20 heavy (non-hydrogen) atoms. The predicted octanol–water partition coefficient (Wildman–Crippen LogP) is 2.92. The molecule has 0 aliphatic heterocycles. The zero-order chi connectivity index (χ0) is 15.8. The molecule has 0 bridgehead atoms. The molecule has 0 saturated heterocycles. The smallest absolute Gasteiger partial charge is 0.410 e. The molecule has 0 spiro atoms. The quantitative estimate of drug-likeness (QED) is 0.555. The van der Waals surface area contributed by atoms with Crippen LogP contribution in [-0.4, -0.2) is 42.3 Å². The molecule has 0 aliphatic rings. The van der Waals surface area contributed by atoms with Crippen LogP contribution < -0.4 is 0 Å². The van der Waals surface area contributed by atoms with E-state index in [0.717, 1.165) is 0 Å². The van der Waals surface area contributed by atoms with E-state index in [9.17, 15) is 9.59 Å². The van der Waals surface area contributed by atoms with E-state index in [1.54, 1.807) is 45.9 Å². The lowest BCUT2D eigenvalue weighted by molar-refractivity contribution is -0.148. The van der Waals surface area contributed by atoms with Gasteiger partial charge >= 0.3 is 12.1 Å². The lowest BCUT2D eigenvalue weighted by Crippen LogP contribution is -2.45. The number of amides is 1. The first-order chi connectivity index (χ1) is 9.22. The molecule has 1 unspecified atom stereocenters. The monoisotopic (exact) mass is 283 g/mol. The zero-order valence-corrected chi connectivity index (χ0v) is 13.0. The molecular weight excluding hydrogens is 258 g/mol. The van der Waals surface area contributed by atoms with Crippen LogP contribution in [0, 0.1) is 0 Å². The van der Waals surface area contributed by atoms with Crippen molar-refractivity contribution in [1.29, 1.82) is 0 Å². The van der Waals surface area contributed by atoms with Crippen LogP contribution in [0.3, 0.4) is 0 Å². The van der Waals surface area contributed by atoms with Gasteiger partial charge in [-0.25, -0.2) is 9.59 Å². The molecule has 5 heteroatoms. The SMILES string of the molecule is C=C/C=C/CC(C(=O)OCC)N(C)C(=O)OC(C)(C)C. The molecule has 0 heterocycles. The van der Waals surface area contributed by atoms with Crippen molar-refractivity contribution in [1.82, 2.24) is 4.90 Å². The van der Waals surface area contributed by atoms with Crippen LogP contribution in [0.25, 0.3) is 0 Å². The summed E-state index contributed by atoms with van der Waals surface area (Å²) in [6.07, 6.45) is 4.88. The first-order valence-corrected chi connectivity index (χ1v) is 6.63. The molecule has 0 fully saturated rings. The highest BCUT2D eigenvalue weighted by Gasteiger charge is 2.30. The third-order valence-electron chi connectivity index (χ3n) is 2.34. The lowest BCUT2D eigenvalue weighted by atomic mass is 10.1. The van der Waals surface area contributed by atoms with E-state index >= 15 is 0 Å². The van der Waals surface area contributed by atoms with E-state index in [2.05, 4.69) is 6.58 Å². The minimum absolute atomic E-state index is 0.267. The highest BCUT2D eigenvalue weighted by atomic mass is 16.6. The number of hydrogen-bond donors (Lipinski definition) is 0. The van der Waals surface area contributed by atoms with Gasteiger partial charge in [0.05, 0.1) is 6.61 Å². The summed E-state index contributed by atoms with van der Waals surface area (Å²) in [5, 5.41) is 0. The van der Waals surface area contributed by atoms with Crippen molar-refractivity contribution in [2.24, 2.45) is 0 Å². The molecule has 0 N–H and O–H groups in total. The molecule has 0 saturated carbocycles. The average molecular weight is 283 g/mol. The number of carbonyl (C=O) groups excluding carboxylic acids is 2. The molecule has 0 aliphatic carbocycles. The van der Waals surface area contributed by atoms with Gasteiger partial charge in [-0.3, -0.25) is 4.90 Å². The molecule has 1 atom stereocenters. The van der Waals surface area contributed by atoms with E-state index in [0.29, 0.717) is 6.42 Å². The highest BCUT2D eigenvalue weighted by molar-refractivity contribution is 5.81. The number of likely N-dealkylation sites (N-methyl/N-ethyl adjacent to an activating group) is 1. The van der Waals surface area contributed by atoms with Crippen LogP contribution in [-0.2, 0) is 14.3 Å². The fourth-order valence-electron chi connectivity index (χ4n) is 1.42. The minimum Gasteiger partial charge on any atom is -0.464 e. The molecule has 114 valence electrons. The Labute approximate surface area is 121 Å². The number of rotatable bonds is 6. The van der Waals surface area contributed by atoms with Gasteiger partial charge in [-0.2, -0.15) is 0 Å². The Morgan fingerprint density at radius 3 is 2.40 bits per heavy atom. The highest BCUT2D eigenvalue weighted by Crippen LogP contribution is 2.13. The summed E-state index contributed by atoms with van der Waals surface area (Å²) >= 11 is 0. The fraction of sp³-hybridized carbons (Fsp3) is 0.600. The summed E-state index contributed by atoms with van der Waals surface area (Å²) in [6, 6.07) is -0.707. The van der Waals surface area contributed by atoms with Gasteiger partial charge in [-0.05, 0) is 34.1 Å². The number of allylic oxidation sites excluding steroid dienone is 2. The Balaban J connectivity index is 4.90. The second-order valence-electron chi connectivity index (χ2n) is 5.26.